The quantitative estimate of drug-likeness (QED) is 0.466. The average molecular weight is 428 g/mol. The molecule has 0 aliphatic carbocycles. The van der Waals surface area contributed by atoms with Crippen molar-refractivity contribution in [1.82, 2.24) is 24.6 Å². The van der Waals surface area contributed by atoms with Crippen LogP contribution < -0.4 is 4.74 Å². The molecule has 1 fully saturated rings. The Kier molecular flexibility index (Phi) is 5.79. The lowest BCUT2D eigenvalue weighted by Gasteiger charge is -2.32. The Morgan fingerprint density at radius 1 is 1.00 bits per heavy atom. The Morgan fingerprint density at radius 2 is 1.75 bits per heavy atom. The van der Waals surface area contributed by atoms with Crippen molar-refractivity contribution in [3.63, 3.8) is 0 Å². The van der Waals surface area contributed by atoms with Gasteiger partial charge in [-0.05, 0) is 37.1 Å². The zero-order valence-electron chi connectivity index (χ0n) is 17.8. The van der Waals surface area contributed by atoms with E-state index in [1.54, 1.807) is 12.4 Å². The molecule has 0 unspecified atom stereocenters. The summed E-state index contributed by atoms with van der Waals surface area (Å²) in [6, 6.07) is 19.2. The standard InChI is InChI=1S/C25H25N5O2/c31-25(19-8-3-1-4-9-19)29-15-7-10-20(18-29)22-23-24(27-14-13-26-23)30(28-22)16-17-32-21-11-5-2-6-12-21/h1-6,8-9,11-14,20H,7,10,15-18H2/t20-/m0/s1. The summed E-state index contributed by atoms with van der Waals surface area (Å²) in [6.45, 7) is 2.46. The van der Waals surface area contributed by atoms with E-state index in [-0.39, 0.29) is 11.8 Å². The zero-order valence-corrected chi connectivity index (χ0v) is 17.8. The summed E-state index contributed by atoms with van der Waals surface area (Å²) in [7, 11) is 0. The van der Waals surface area contributed by atoms with E-state index < -0.39 is 0 Å². The zero-order chi connectivity index (χ0) is 21.8. The molecule has 1 aliphatic rings. The van der Waals surface area contributed by atoms with Gasteiger partial charge in [-0.2, -0.15) is 5.10 Å². The van der Waals surface area contributed by atoms with Crippen molar-refractivity contribution in [2.45, 2.75) is 25.3 Å². The van der Waals surface area contributed by atoms with Gasteiger partial charge in [-0.3, -0.25) is 4.79 Å². The van der Waals surface area contributed by atoms with E-state index in [0.29, 0.717) is 19.7 Å². The second-order valence-electron chi connectivity index (χ2n) is 7.95. The first-order chi connectivity index (χ1) is 15.8. The summed E-state index contributed by atoms with van der Waals surface area (Å²) < 4.78 is 7.72. The molecule has 32 heavy (non-hydrogen) atoms. The molecule has 0 radical (unpaired) electrons. The van der Waals surface area contributed by atoms with Crippen LogP contribution >= 0.6 is 0 Å². The van der Waals surface area contributed by atoms with E-state index in [9.17, 15) is 4.79 Å². The van der Waals surface area contributed by atoms with Crippen LogP contribution in [0.15, 0.2) is 73.1 Å². The Bertz CT molecular complexity index is 1190. The average Bonchev–Trinajstić information content (AvgIpc) is 3.24. The van der Waals surface area contributed by atoms with Gasteiger partial charge in [-0.25, -0.2) is 14.6 Å². The molecule has 2 aromatic carbocycles. The molecule has 5 rings (SSSR count). The molecule has 0 bridgehead atoms. The summed E-state index contributed by atoms with van der Waals surface area (Å²) in [5.41, 5.74) is 3.21. The fourth-order valence-electron chi connectivity index (χ4n) is 4.27. The van der Waals surface area contributed by atoms with Gasteiger partial charge in [0.1, 0.15) is 17.9 Å². The van der Waals surface area contributed by atoms with Crippen LogP contribution in [0, 0.1) is 0 Å². The Hall–Kier alpha value is -3.74. The van der Waals surface area contributed by atoms with Gasteiger partial charge in [0.2, 0.25) is 0 Å². The number of amides is 1. The monoisotopic (exact) mass is 427 g/mol. The number of para-hydroxylation sites is 1. The molecule has 0 saturated carbocycles. The minimum absolute atomic E-state index is 0.0707. The number of rotatable bonds is 6. The van der Waals surface area contributed by atoms with Crippen LogP contribution in [0.25, 0.3) is 11.2 Å². The number of nitrogens with zero attached hydrogens (tertiary/aromatic N) is 5. The highest BCUT2D eigenvalue weighted by molar-refractivity contribution is 5.94. The molecular weight excluding hydrogens is 402 g/mol. The van der Waals surface area contributed by atoms with E-state index in [1.807, 2.05) is 70.2 Å². The largest absolute Gasteiger partial charge is 0.492 e. The number of carbonyl (C=O) groups is 1. The van der Waals surface area contributed by atoms with Gasteiger partial charge in [0.05, 0.1) is 12.2 Å². The molecule has 0 N–H and O–H groups in total. The van der Waals surface area contributed by atoms with Crippen molar-refractivity contribution in [3.05, 3.63) is 84.3 Å². The second-order valence-corrected chi connectivity index (χ2v) is 7.95. The molecule has 0 spiro atoms. The van der Waals surface area contributed by atoms with Crippen LogP contribution in [-0.2, 0) is 6.54 Å². The van der Waals surface area contributed by atoms with E-state index in [1.165, 1.54) is 0 Å². The van der Waals surface area contributed by atoms with Gasteiger partial charge in [-0.15, -0.1) is 0 Å². The van der Waals surface area contributed by atoms with Crippen molar-refractivity contribution >= 4 is 17.1 Å². The topological polar surface area (TPSA) is 73.1 Å². The molecule has 1 aliphatic heterocycles. The van der Waals surface area contributed by atoms with Gasteiger partial charge in [-0.1, -0.05) is 36.4 Å². The lowest BCUT2D eigenvalue weighted by molar-refractivity contribution is 0.0706. The Balaban J connectivity index is 1.35. The van der Waals surface area contributed by atoms with Crippen molar-refractivity contribution in [2.75, 3.05) is 19.7 Å². The van der Waals surface area contributed by atoms with E-state index >= 15 is 0 Å². The van der Waals surface area contributed by atoms with Gasteiger partial charge < -0.3 is 9.64 Å². The van der Waals surface area contributed by atoms with Crippen LogP contribution in [-0.4, -0.2) is 50.3 Å². The minimum atomic E-state index is 0.0707. The number of aromatic nitrogens is 4. The third-order valence-electron chi connectivity index (χ3n) is 5.83. The second kappa shape index (κ2) is 9.18. The molecular formula is C25H25N5O2. The molecule has 2 aromatic heterocycles. The first-order valence-corrected chi connectivity index (χ1v) is 11.0. The lowest BCUT2D eigenvalue weighted by Crippen LogP contribution is -2.39. The highest BCUT2D eigenvalue weighted by atomic mass is 16.5. The SMILES string of the molecule is O=C(c1ccccc1)N1CCC[C@H](c2nn(CCOc3ccccc3)c3nccnc23)C1. The van der Waals surface area contributed by atoms with Crippen molar-refractivity contribution in [3.8, 4) is 5.75 Å². The lowest BCUT2D eigenvalue weighted by atomic mass is 9.94. The predicted molar refractivity (Wildman–Crippen MR) is 122 cm³/mol. The third-order valence-corrected chi connectivity index (χ3v) is 5.83. The first-order valence-electron chi connectivity index (χ1n) is 11.0. The van der Waals surface area contributed by atoms with E-state index in [2.05, 4.69) is 9.97 Å². The number of hydrogen-bond donors (Lipinski definition) is 0. The number of hydrogen-bond acceptors (Lipinski definition) is 5. The first kappa shape index (κ1) is 20.2. The smallest absolute Gasteiger partial charge is 0.253 e. The summed E-state index contributed by atoms with van der Waals surface area (Å²) in [5.74, 6) is 1.03. The molecule has 1 amide bonds. The van der Waals surface area contributed by atoms with Gasteiger partial charge in [0, 0.05) is 37.0 Å². The van der Waals surface area contributed by atoms with E-state index in [0.717, 1.165) is 47.6 Å². The van der Waals surface area contributed by atoms with Crippen LogP contribution in [0.4, 0.5) is 0 Å². The minimum Gasteiger partial charge on any atom is -0.492 e. The molecule has 162 valence electrons. The fourth-order valence-corrected chi connectivity index (χ4v) is 4.27. The summed E-state index contributed by atoms with van der Waals surface area (Å²) in [4.78, 5) is 24.0. The highest BCUT2D eigenvalue weighted by Gasteiger charge is 2.29. The van der Waals surface area contributed by atoms with Crippen LogP contribution in [0.1, 0.15) is 34.8 Å². The number of ether oxygens (including phenoxy) is 1. The molecule has 3 heterocycles. The fraction of sp³-hybridized carbons (Fsp3) is 0.280. The molecule has 1 atom stereocenters. The Labute approximate surface area is 186 Å². The molecule has 1 saturated heterocycles. The van der Waals surface area contributed by atoms with Crippen LogP contribution in [0.5, 0.6) is 5.75 Å². The van der Waals surface area contributed by atoms with Crippen molar-refractivity contribution in [1.29, 1.82) is 0 Å². The third kappa shape index (κ3) is 4.19. The molecule has 4 aromatic rings. The molecule has 7 heteroatoms. The highest BCUT2D eigenvalue weighted by Crippen LogP contribution is 2.30. The number of benzene rings is 2. The normalized spacial score (nSPS) is 16.2. The molecule has 7 nitrogen and oxygen atoms in total. The number of carbonyl (C=O) groups excluding carboxylic acids is 1. The van der Waals surface area contributed by atoms with Gasteiger partial charge in [0.15, 0.2) is 5.65 Å². The summed E-state index contributed by atoms with van der Waals surface area (Å²) in [5, 5.41) is 4.88. The van der Waals surface area contributed by atoms with Crippen LogP contribution in [0.2, 0.25) is 0 Å². The maximum Gasteiger partial charge on any atom is 0.253 e. The van der Waals surface area contributed by atoms with Crippen LogP contribution in [0.3, 0.4) is 0 Å². The van der Waals surface area contributed by atoms with Gasteiger partial charge in [0.25, 0.3) is 5.91 Å². The summed E-state index contributed by atoms with van der Waals surface area (Å²) in [6.07, 6.45) is 5.30. The van der Waals surface area contributed by atoms with Gasteiger partial charge >= 0.3 is 0 Å². The number of fused-ring (bicyclic) bond motifs is 1. The van der Waals surface area contributed by atoms with Crippen molar-refractivity contribution < 1.29 is 9.53 Å². The predicted octanol–water partition coefficient (Wildman–Crippen LogP) is 3.93. The number of piperidine rings is 1. The maximum absolute atomic E-state index is 13.0. The summed E-state index contributed by atoms with van der Waals surface area (Å²) >= 11 is 0. The number of likely N-dealkylation sites (tertiary alicyclic amines) is 1. The van der Waals surface area contributed by atoms with Crippen molar-refractivity contribution in [2.24, 2.45) is 0 Å². The Morgan fingerprint density at radius 3 is 2.56 bits per heavy atom. The maximum atomic E-state index is 13.0. The van der Waals surface area contributed by atoms with E-state index in [4.69, 9.17) is 9.84 Å².